The van der Waals surface area contributed by atoms with Crippen molar-refractivity contribution < 1.29 is 9.59 Å². The molecule has 0 radical (unpaired) electrons. The maximum absolute atomic E-state index is 12.4. The Morgan fingerprint density at radius 3 is 2.48 bits per heavy atom. The summed E-state index contributed by atoms with van der Waals surface area (Å²) in [6, 6.07) is 3.77. The summed E-state index contributed by atoms with van der Waals surface area (Å²) in [4.78, 5) is 29.2. The molecule has 0 unspecified atom stereocenters. The molecule has 2 aliphatic heterocycles. The largest absolute Gasteiger partial charge is 0.339 e. The zero-order chi connectivity index (χ0) is 16.1. The van der Waals surface area contributed by atoms with E-state index in [0.29, 0.717) is 38.5 Å². The minimum Gasteiger partial charge on any atom is -0.339 e. The monoisotopic (exact) mass is 335 g/mol. The highest BCUT2D eigenvalue weighted by molar-refractivity contribution is 7.12. The van der Waals surface area contributed by atoms with Crippen LogP contribution >= 0.6 is 11.3 Å². The zero-order valence-electron chi connectivity index (χ0n) is 13.5. The highest BCUT2D eigenvalue weighted by atomic mass is 32.1. The Hall–Kier alpha value is -1.40. The lowest BCUT2D eigenvalue weighted by atomic mass is 9.93. The third kappa shape index (κ3) is 4.32. The van der Waals surface area contributed by atoms with Crippen molar-refractivity contribution in [3.05, 3.63) is 22.4 Å². The van der Waals surface area contributed by atoms with Gasteiger partial charge in [-0.25, -0.2) is 0 Å². The second kappa shape index (κ2) is 7.93. The quantitative estimate of drug-likeness (QED) is 0.913. The van der Waals surface area contributed by atoms with Crippen LogP contribution in [0.2, 0.25) is 0 Å². The predicted octanol–water partition coefficient (Wildman–Crippen LogP) is 1.81. The molecule has 2 aliphatic rings. The van der Waals surface area contributed by atoms with Crippen molar-refractivity contribution in [2.45, 2.75) is 25.7 Å². The van der Waals surface area contributed by atoms with Gasteiger partial charge in [0.15, 0.2) is 0 Å². The molecule has 0 aromatic carbocycles. The first-order valence-corrected chi connectivity index (χ1v) is 9.43. The lowest BCUT2D eigenvalue weighted by Gasteiger charge is -2.35. The van der Waals surface area contributed by atoms with E-state index in [9.17, 15) is 9.59 Å². The molecule has 0 atom stereocenters. The number of rotatable bonds is 4. The third-order valence-corrected chi connectivity index (χ3v) is 5.73. The van der Waals surface area contributed by atoms with Crippen LogP contribution in [0.4, 0.5) is 0 Å². The lowest BCUT2D eigenvalue weighted by Crippen LogP contribution is -2.50. The molecular formula is C17H25N3O2S. The van der Waals surface area contributed by atoms with Gasteiger partial charge in [-0.15, -0.1) is 11.3 Å². The van der Waals surface area contributed by atoms with Gasteiger partial charge in [0.1, 0.15) is 0 Å². The first-order valence-electron chi connectivity index (χ1n) is 8.55. The number of hydrogen-bond acceptors (Lipinski definition) is 4. The number of nitrogens with one attached hydrogen (secondary N) is 1. The summed E-state index contributed by atoms with van der Waals surface area (Å²) in [6.45, 7) is 4.81. The van der Waals surface area contributed by atoms with Gasteiger partial charge in [0, 0.05) is 32.6 Å². The van der Waals surface area contributed by atoms with Gasteiger partial charge in [-0.3, -0.25) is 9.59 Å². The van der Waals surface area contributed by atoms with Crippen molar-refractivity contribution in [3.8, 4) is 0 Å². The average molecular weight is 335 g/mol. The lowest BCUT2D eigenvalue weighted by molar-refractivity contribution is -0.133. The summed E-state index contributed by atoms with van der Waals surface area (Å²) in [5.74, 6) is 1.05. The summed E-state index contributed by atoms with van der Waals surface area (Å²) in [7, 11) is 0. The fraction of sp³-hybridized carbons (Fsp3) is 0.647. The summed E-state index contributed by atoms with van der Waals surface area (Å²) >= 11 is 1.48. The number of carbonyl (C=O) groups is 2. The Balaban J connectivity index is 1.41. The van der Waals surface area contributed by atoms with Crippen molar-refractivity contribution in [1.82, 2.24) is 15.1 Å². The molecule has 3 heterocycles. The van der Waals surface area contributed by atoms with Crippen LogP contribution in [0, 0.1) is 5.92 Å². The van der Waals surface area contributed by atoms with Gasteiger partial charge >= 0.3 is 0 Å². The molecule has 5 nitrogen and oxygen atoms in total. The van der Waals surface area contributed by atoms with E-state index in [1.54, 1.807) is 0 Å². The van der Waals surface area contributed by atoms with Crippen LogP contribution in [0.25, 0.3) is 0 Å². The molecular weight excluding hydrogens is 310 g/mol. The number of hydrogen-bond donors (Lipinski definition) is 1. The number of carbonyl (C=O) groups excluding carboxylic acids is 2. The van der Waals surface area contributed by atoms with E-state index < -0.39 is 0 Å². The number of nitrogens with zero attached hydrogens (tertiary/aromatic N) is 2. The molecule has 0 bridgehead atoms. The highest BCUT2D eigenvalue weighted by Gasteiger charge is 2.25. The minimum absolute atomic E-state index is 0.0989. The average Bonchev–Trinajstić information content (AvgIpc) is 3.15. The van der Waals surface area contributed by atoms with Gasteiger partial charge in [0.2, 0.25) is 5.91 Å². The number of piperidine rings is 1. The van der Waals surface area contributed by atoms with Gasteiger partial charge in [-0.2, -0.15) is 0 Å². The van der Waals surface area contributed by atoms with Crippen LogP contribution in [0.1, 0.15) is 35.4 Å². The van der Waals surface area contributed by atoms with Crippen LogP contribution in [0.5, 0.6) is 0 Å². The van der Waals surface area contributed by atoms with Crippen LogP contribution in [-0.4, -0.2) is 60.9 Å². The van der Waals surface area contributed by atoms with Crippen molar-refractivity contribution in [1.29, 1.82) is 0 Å². The zero-order valence-corrected chi connectivity index (χ0v) is 14.3. The second-order valence-corrected chi connectivity index (χ2v) is 7.33. The van der Waals surface area contributed by atoms with E-state index in [0.717, 1.165) is 24.4 Å². The Kier molecular flexibility index (Phi) is 5.67. The molecule has 1 N–H and O–H groups in total. The molecule has 2 fully saturated rings. The second-order valence-electron chi connectivity index (χ2n) is 6.38. The standard InChI is InChI=1S/C17H25N3O2S/c21-16(4-3-14-5-7-18-8-6-14)19-9-11-20(12-10-19)17(22)15-2-1-13-23-15/h1-2,13-14,18H,3-12H2. The van der Waals surface area contributed by atoms with E-state index in [2.05, 4.69) is 5.32 Å². The first kappa shape index (κ1) is 16.5. The third-order valence-electron chi connectivity index (χ3n) is 4.88. The minimum atomic E-state index is 0.0989. The Morgan fingerprint density at radius 2 is 1.83 bits per heavy atom. The smallest absolute Gasteiger partial charge is 0.264 e. The molecule has 1 aromatic rings. The van der Waals surface area contributed by atoms with Gasteiger partial charge in [-0.05, 0) is 49.7 Å². The van der Waals surface area contributed by atoms with E-state index in [-0.39, 0.29) is 11.8 Å². The SMILES string of the molecule is O=C(CCC1CCNCC1)N1CCN(C(=O)c2cccs2)CC1. The fourth-order valence-corrected chi connectivity index (χ4v) is 4.06. The molecule has 0 saturated carbocycles. The van der Waals surface area contributed by atoms with Crippen molar-refractivity contribution in [2.75, 3.05) is 39.3 Å². The van der Waals surface area contributed by atoms with Gasteiger partial charge in [0.05, 0.1) is 4.88 Å². The molecule has 2 saturated heterocycles. The van der Waals surface area contributed by atoms with Crippen LogP contribution in [-0.2, 0) is 4.79 Å². The molecule has 6 heteroatoms. The molecule has 126 valence electrons. The van der Waals surface area contributed by atoms with E-state index in [1.807, 2.05) is 27.3 Å². The predicted molar refractivity (Wildman–Crippen MR) is 91.6 cm³/mol. The Morgan fingerprint density at radius 1 is 1.13 bits per heavy atom. The van der Waals surface area contributed by atoms with Crippen molar-refractivity contribution in [3.63, 3.8) is 0 Å². The van der Waals surface area contributed by atoms with Gasteiger partial charge in [0.25, 0.3) is 5.91 Å². The number of thiophene rings is 1. The summed E-state index contributed by atoms with van der Waals surface area (Å²) in [5.41, 5.74) is 0. The molecule has 1 aromatic heterocycles. The number of piperazine rings is 1. The summed E-state index contributed by atoms with van der Waals surface area (Å²) < 4.78 is 0. The fourth-order valence-electron chi connectivity index (χ4n) is 3.37. The van der Waals surface area contributed by atoms with E-state index in [1.165, 1.54) is 24.2 Å². The molecule has 23 heavy (non-hydrogen) atoms. The van der Waals surface area contributed by atoms with Crippen molar-refractivity contribution >= 4 is 23.2 Å². The van der Waals surface area contributed by atoms with Crippen molar-refractivity contribution in [2.24, 2.45) is 5.92 Å². The Bertz CT molecular complexity index is 518. The normalized spacial score (nSPS) is 19.8. The maximum atomic E-state index is 12.4. The summed E-state index contributed by atoms with van der Waals surface area (Å²) in [6.07, 6.45) is 4.05. The number of amides is 2. The van der Waals surface area contributed by atoms with E-state index >= 15 is 0 Å². The Labute approximate surface area is 141 Å². The summed E-state index contributed by atoms with van der Waals surface area (Å²) in [5, 5.41) is 5.29. The van der Waals surface area contributed by atoms with Crippen LogP contribution in [0.15, 0.2) is 17.5 Å². The van der Waals surface area contributed by atoms with Crippen LogP contribution < -0.4 is 5.32 Å². The van der Waals surface area contributed by atoms with Crippen LogP contribution in [0.3, 0.4) is 0 Å². The molecule has 0 spiro atoms. The first-order chi connectivity index (χ1) is 11.2. The van der Waals surface area contributed by atoms with Gasteiger partial charge < -0.3 is 15.1 Å². The molecule has 2 amide bonds. The van der Waals surface area contributed by atoms with E-state index in [4.69, 9.17) is 0 Å². The molecule has 3 rings (SSSR count). The maximum Gasteiger partial charge on any atom is 0.264 e. The molecule has 0 aliphatic carbocycles. The van der Waals surface area contributed by atoms with Gasteiger partial charge in [-0.1, -0.05) is 6.07 Å². The topological polar surface area (TPSA) is 52.7 Å². The highest BCUT2D eigenvalue weighted by Crippen LogP contribution is 2.19.